The summed E-state index contributed by atoms with van der Waals surface area (Å²) in [5.41, 5.74) is 0.395. The zero-order valence-electron chi connectivity index (χ0n) is 10.3. The van der Waals surface area contributed by atoms with E-state index in [0.29, 0.717) is 11.5 Å². The van der Waals surface area contributed by atoms with Crippen molar-refractivity contribution in [2.75, 3.05) is 7.05 Å². The van der Waals surface area contributed by atoms with Crippen LogP contribution in [0.5, 0.6) is 0 Å². The van der Waals surface area contributed by atoms with Crippen molar-refractivity contribution in [3.8, 4) is 0 Å². The lowest BCUT2D eigenvalue weighted by Gasteiger charge is -2.30. The second-order valence-corrected chi connectivity index (χ2v) is 5.53. The van der Waals surface area contributed by atoms with Gasteiger partial charge in [0.15, 0.2) is 0 Å². The Kier molecular flexibility index (Phi) is 5.62. The molecule has 0 aromatic rings. The number of hydrogen-bond donors (Lipinski definition) is 1. The molecule has 0 aliphatic carbocycles. The molecule has 0 radical (unpaired) electrons. The van der Waals surface area contributed by atoms with Crippen LogP contribution in [0.4, 0.5) is 0 Å². The van der Waals surface area contributed by atoms with E-state index < -0.39 is 0 Å². The SMILES string of the molecule is CNC(CCCC(C)C)C(C)(C)C. The van der Waals surface area contributed by atoms with Gasteiger partial charge in [0.1, 0.15) is 0 Å². The van der Waals surface area contributed by atoms with Gasteiger partial charge in [0.25, 0.3) is 0 Å². The summed E-state index contributed by atoms with van der Waals surface area (Å²) in [7, 11) is 2.07. The molecule has 0 saturated heterocycles. The van der Waals surface area contributed by atoms with Gasteiger partial charge in [0.2, 0.25) is 0 Å². The van der Waals surface area contributed by atoms with E-state index in [-0.39, 0.29) is 0 Å². The van der Waals surface area contributed by atoms with E-state index in [1.165, 1.54) is 19.3 Å². The molecule has 0 spiro atoms. The summed E-state index contributed by atoms with van der Waals surface area (Å²) >= 11 is 0. The molecule has 1 nitrogen and oxygen atoms in total. The minimum absolute atomic E-state index is 0.395. The predicted molar refractivity (Wildman–Crippen MR) is 61.0 cm³/mol. The largest absolute Gasteiger partial charge is 0.316 e. The average molecular weight is 185 g/mol. The molecule has 0 fully saturated rings. The topological polar surface area (TPSA) is 12.0 Å². The van der Waals surface area contributed by atoms with Crippen LogP contribution < -0.4 is 5.32 Å². The fourth-order valence-electron chi connectivity index (χ4n) is 1.74. The molecule has 1 N–H and O–H groups in total. The highest BCUT2D eigenvalue weighted by Crippen LogP contribution is 2.23. The van der Waals surface area contributed by atoms with Crippen LogP contribution >= 0.6 is 0 Å². The standard InChI is InChI=1S/C12H27N/c1-10(2)8-7-9-11(13-6)12(3,4)5/h10-11,13H,7-9H2,1-6H3. The minimum Gasteiger partial charge on any atom is -0.316 e. The quantitative estimate of drug-likeness (QED) is 0.692. The van der Waals surface area contributed by atoms with Gasteiger partial charge < -0.3 is 5.32 Å². The fraction of sp³-hybridized carbons (Fsp3) is 1.00. The average Bonchev–Trinajstić information content (AvgIpc) is 1.95. The molecule has 0 rings (SSSR count). The third kappa shape index (κ3) is 6.09. The monoisotopic (exact) mass is 185 g/mol. The van der Waals surface area contributed by atoms with Crippen LogP contribution in [0.25, 0.3) is 0 Å². The van der Waals surface area contributed by atoms with Crippen LogP contribution in [0.2, 0.25) is 0 Å². The van der Waals surface area contributed by atoms with E-state index in [1.807, 2.05) is 0 Å². The third-order valence-corrected chi connectivity index (χ3v) is 2.67. The van der Waals surface area contributed by atoms with Crippen molar-refractivity contribution >= 4 is 0 Å². The molecule has 0 aromatic heterocycles. The maximum Gasteiger partial charge on any atom is 0.0113 e. The van der Waals surface area contributed by atoms with Crippen molar-refractivity contribution in [3.05, 3.63) is 0 Å². The van der Waals surface area contributed by atoms with E-state index >= 15 is 0 Å². The molecule has 0 aliphatic rings. The zero-order chi connectivity index (χ0) is 10.5. The summed E-state index contributed by atoms with van der Waals surface area (Å²) in [6.07, 6.45) is 4.01. The van der Waals surface area contributed by atoms with Crippen molar-refractivity contribution in [1.29, 1.82) is 0 Å². The second-order valence-electron chi connectivity index (χ2n) is 5.53. The summed E-state index contributed by atoms with van der Waals surface area (Å²) in [4.78, 5) is 0. The van der Waals surface area contributed by atoms with Crippen LogP contribution in [0, 0.1) is 11.3 Å². The Bertz CT molecular complexity index is 122. The summed E-state index contributed by atoms with van der Waals surface area (Å²) in [6.45, 7) is 11.5. The Morgan fingerprint density at radius 3 is 1.92 bits per heavy atom. The van der Waals surface area contributed by atoms with Gasteiger partial charge in [-0.25, -0.2) is 0 Å². The molecule has 1 atom stereocenters. The van der Waals surface area contributed by atoms with Crippen molar-refractivity contribution in [2.24, 2.45) is 11.3 Å². The summed E-state index contributed by atoms with van der Waals surface area (Å²) in [6, 6.07) is 0.659. The molecular formula is C12H27N. The van der Waals surface area contributed by atoms with Gasteiger partial charge >= 0.3 is 0 Å². The molecule has 0 heterocycles. The van der Waals surface area contributed by atoms with Crippen LogP contribution in [-0.4, -0.2) is 13.1 Å². The highest BCUT2D eigenvalue weighted by atomic mass is 14.9. The molecular weight excluding hydrogens is 158 g/mol. The first-order chi connectivity index (χ1) is 5.88. The van der Waals surface area contributed by atoms with Crippen molar-refractivity contribution in [2.45, 2.75) is 59.9 Å². The summed E-state index contributed by atoms with van der Waals surface area (Å²) in [5.74, 6) is 0.845. The Hall–Kier alpha value is -0.0400. The van der Waals surface area contributed by atoms with E-state index in [0.717, 1.165) is 5.92 Å². The van der Waals surface area contributed by atoms with Crippen LogP contribution in [0.1, 0.15) is 53.9 Å². The van der Waals surface area contributed by atoms with Crippen LogP contribution in [0.3, 0.4) is 0 Å². The maximum absolute atomic E-state index is 3.42. The van der Waals surface area contributed by atoms with Gasteiger partial charge in [0.05, 0.1) is 0 Å². The van der Waals surface area contributed by atoms with E-state index in [4.69, 9.17) is 0 Å². The molecule has 0 aliphatic heterocycles. The molecule has 80 valence electrons. The first-order valence-corrected chi connectivity index (χ1v) is 5.55. The second kappa shape index (κ2) is 5.64. The summed E-state index contributed by atoms with van der Waals surface area (Å²) < 4.78 is 0. The normalized spacial score (nSPS) is 15.0. The van der Waals surface area contributed by atoms with Crippen molar-refractivity contribution < 1.29 is 0 Å². The Morgan fingerprint density at radius 1 is 1.08 bits per heavy atom. The molecule has 1 unspecified atom stereocenters. The van der Waals surface area contributed by atoms with E-state index in [9.17, 15) is 0 Å². The molecule has 13 heavy (non-hydrogen) atoms. The molecule has 0 aromatic carbocycles. The Balaban J connectivity index is 3.73. The van der Waals surface area contributed by atoms with Gasteiger partial charge in [-0.2, -0.15) is 0 Å². The first kappa shape index (κ1) is 13.0. The first-order valence-electron chi connectivity index (χ1n) is 5.55. The number of rotatable bonds is 5. The predicted octanol–water partition coefficient (Wildman–Crippen LogP) is 3.45. The van der Waals surface area contributed by atoms with Gasteiger partial charge in [-0.1, -0.05) is 47.5 Å². The lowest BCUT2D eigenvalue weighted by molar-refractivity contribution is 0.259. The minimum atomic E-state index is 0.395. The Morgan fingerprint density at radius 2 is 1.62 bits per heavy atom. The number of hydrogen-bond acceptors (Lipinski definition) is 1. The van der Waals surface area contributed by atoms with E-state index in [1.54, 1.807) is 0 Å². The Labute approximate surface area is 84.3 Å². The van der Waals surface area contributed by atoms with Gasteiger partial charge in [0, 0.05) is 6.04 Å². The van der Waals surface area contributed by atoms with Crippen molar-refractivity contribution in [1.82, 2.24) is 5.32 Å². The lowest BCUT2D eigenvalue weighted by Crippen LogP contribution is -2.37. The third-order valence-electron chi connectivity index (χ3n) is 2.67. The molecule has 0 amide bonds. The smallest absolute Gasteiger partial charge is 0.0113 e. The highest BCUT2D eigenvalue weighted by molar-refractivity contribution is 4.78. The van der Waals surface area contributed by atoms with Gasteiger partial charge in [-0.15, -0.1) is 0 Å². The molecule has 0 saturated carbocycles. The molecule has 1 heteroatoms. The van der Waals surface area contributed by atoms with Crippen molar-refractivity contribution in [3.63, 3.8) is 0 Å². The number of nitrogens with one attached hydrogen (secondary N) is 1. The summed E-state index contributed by atoms with van der Waals surface area (Å²) in [5, 5.41) is 3.42. The lowest BCUT2D eigenvalue weighted by atomic mass is 9.83. The highest BCUT2D eigenvalue weighted by Gasteiger charge is 2.21. The van der Waals surface area contributed by atoms with Crippen LogP contribution in [0.15, 0.2) is 0 Å². The fourth-order valence-corrected chi connectivity index (χ4v) is 1.74. The van der Waals surface area contributed by atoms with Gasteiger partial charge in [-0.3, -0.25) is 0 Å². The van der Waals surface area contributed by atoms with Gasteiger partial charge in [-0.05, 0) is 24.8 Å². The van der Waals surface area contributed by atoms with Crippen LogP contribution in [-0.2, 0) is 0 Å². The van der Waals surface area contributed by atoms with E-state index in [2.05, 4.69) is 47.0 Å². The maximum atomic E-state index is 3.42. The molecule has 0 bridgehead atoms. The zero-order valence-corrected chi connectivity index (χ0v) is 10.3.